The van der Waals surface area contributed by atoms with Gasteiger partial charge in [-0.3, -0.25) is 0 Å². The standard InChI is InChI=1S/C9H8F6N2/c10-4-1-5(11)7(16)6(2-4)17-3-9(14,15)8(12)13/h1-2,8,17H,3,16H2. The fourth-order valence-electron chi connectivity index (χ4n) is 1.02. The van der Waals surface area contributed by atoms with Gasteiger partial charge in [0.2, 0.25) is 0 Å². The number of halogens is 6. The van der Waals surface area contributed by atoms with E-state index < -0.39 is 41.9 Å². The number of anilines is 2. The Morgan fingerprint density at radius 1 is 1.24 bits per heavy atom. The molecule has 0 atom stereocenters. The second-order valence-electron chi connectivity index (χ2n) is 3.26. The normalized spacial score (nSPS) is 11.9. The van der Waals surface area contributed by atoms with Crippen molar-refractivity contribution in [2.45, 2.75) is 12.3 Å². The molecule has 0 heterocycles. The maximum absolute atomic E-state index is 12.9. The Morgan fingerprint density at radius 3 is 2.35 bits per heavy atom. The first kappa shape index (κ1) is 13.5. The fourth-order valence-corrected chi connectivity index (χ4v) is 1.02. The van der Waals surface area contributed by atoms with E-state index in [1.807, 2.05) is 0 Å². The molecule has 0 bridgehead atoms. The SMILES string of the molecule is Nc1c(F)cc(F)cc1NCC(F)(F)C(F)F. The molecule has 1 aromatic carbocycles. The van der Waals surface area contributed by atoms with Crippen LogP contribution in [0.3, 0.4) is 0 Å². The van der Waals surface area contributed by atoms with Crippen molar-refractivity contribution in [1.29, 1.82) is 0 Å². The number of alkyl halides is 4. The summed E-state index contributed by atoms with van der Waals surface area (Å²) in [5.41, 5.74) is 4.01. The molecule has 0 aliphatic rings. The van der Waals surface area contributed by atoms with Gasteiger partial charge in [-0.15, -0.1) is 0 Å². The van der Waals surface area contributed by atoms with Gasteiger partial charge < -0.3 is 11.1 Å². The summed E-state index contributed by atoms with van der Waals surface area (Å²) in [5, 5.41) is 1.78. The quantitative estimate of drug-likeness (QED) is 0.643. The van der Waals surface area contributed by atoms with Gasteiger partial charge in [0.1, 0.15) is 5.82 Å². The molecule has 0 fully saturated rings. The van der Waals surface area contributed by atoms with Crippen molar-refractivity contribution in [3.8, 4) is 0 Å². The third-order valence-corrected chi connectivity index (χ3v) is 1.93. The van der Waals surface area contributed by atoms with Crippen LogP contribution in [0.25, 0.3) is 0 Å². The van der Waals surface area contributed by atoms with Crippen LogP contribution < -0.4 is 11.1 Å². The highest BCUT2D eigenvalue weighted by molar-refractivity contribution is 5.66. The Morgan fingerprint density at radius 2 is 1.82 bits per heavy atom. The molecular weight excluding hydrogens is 250 g/mol. The van der Waals surface area contributed by atoms with E-state index in [9.17, 15) is 26.3 Å². The van der Waals surface area contributed by atoms with E-state index in [1.54, 1.807) is 5.32 Å². The maximum Gasteiger partial charge on any atom is 0.324 e. The Kier molecular flexibility index (Phi) is 3.74. The fraction of sp³-hybridized carbons (Fsp3) is 0.333. The largest absolute Gasteiger partial charge is 0.395 e. The number of nitrogens with two attached hydrogens (primary N) is 1. The van der Waals surface area contributed by atoms with Gasteiger partial charge >= 0.3 is 12.3 Å². The molecule has 1 aromatic rings. The van der Waals surface area contributed by atoms with Crippen LogP contribution in [0.2, 0.25) is 0 Å². The topological polar surface area (TPSA) is 38.0 Å². The molecule has 17 heavy (non-hydrogen) atoms. The van der Waals surface area contributed by atoms with E-state index in [-0.39, 0.29) is 0 Å². The van der Waals surface area contributed by atoms with Crippen LogP contribution in [-0.4, -0.2) is 18.9 Å². The smallest absolute Gasteiger partial charge is 0.324 e. The molecule has 0 radical (unpaired) electrons. The molecule has 0 aliphatic carbocycles. The zero-order chi connectivity index (χ0) is 13.2. The van der Waals surface area contributed by atoms with Gasteiger partial charge in [-0.1, -0.05) is 0 Å². The minimum absolute atomic E-state index is 0.450. The number of nitrogens with one attached hydrogen (secondary N) is 1. The van der Waals surface area contributed by atoms with Gasteiger partial charge in [-0.25, -0.2) is 17.6 Å². The van der Waals surface area contributed by atoms with Crippen LogP contribution in [0.15, 0.2) is 12.1 Å². The van der Waals surface area contributed by atoms with Gasteiger partial charge in [0, 0.05) is 6.07 Å². The van der Waals surface area contributed by atoms with Gasteiger partial charge in [-0.05, 0) is 6.07 Å². The average molecular weight is 258 g/mol. The predicted octanol–water partition coefficient (Wildman–Crippen LogP) is 2.86. The van der Waals surface area contributed by atoms with Crippen molar-refractivity contribution in [3.63, 3.8) is 0 Å². The van der Waals surface area contributed by atoms with E-state index in [4.69, 9.17) is 5.73 Å². The Labute approximate surface area is 92.4 Å². The monoisotopic (exact) mass is 258 g/mol. The first-order valence-corrected chi connectivity index (χ1v) is 4.38. The Hall–Kier alpha value is -1.60. The molecule has 0 amide bonds. The number of hydrogen-bond donors (Lipinski definition) is 2. The first-order chi connectivity index (χ1) is 7.74. The molecule has 0 saturated heterocycles. The molecule has 3 N–H and O–H groups in total. The molecule has 0 spiro atoms. The van der Waals surface area contributed by atoms with Crippen LogP contribution >= 0.6 is 0 Å². The Bertz CT molecular complexity index is 407. The zero-order valence-corrected chi connectivity index (χ0v) is 8.28. The minimum Gasteiger partial charge on any atom is -0.395 e. The third kappa shape index (κ3) is 3.18. The maximum atomic E-state index is 12.9. The Balaban J connectivity index is 2.83. The highest BCUT2D eigenvalue weighted by Crippen LogP contribution is 2.27. The summed E-state index contributed by atoms with van der Waals surface area (Å²) in [6.07, 6.45) is -3.88. The van der Waals surface area contributed by atoms with Crippen molar-refractivity contribution >= 4 is 11.4 Å². The summed E-state index contributed by atoms with van der Waals surface area (Å²) in [4.78, 5) is 0. The molecule has 1 rings (SSSR count). The van der Waals surface area contributed by atoms with Gasteiger partial charge in [0.25, 0.3) is 0 Å². The van der Waals surface area contributed by atoms with Crippen molar-refractivity contribution in [2.75, 3.05) is 17.6 Å². The van der Waals surface area contributed by atoms with Crippen LogP contribution in [0, 0.1) is 11.6 Å². The lowest BCUT2D eigenvalue weighted by atomic mass is 10.2. The average Bonchev–Trinajstić information content (AvgIpc) is 2.21. The van der Waals surface area contributed by atoms with Crippen molar-refractivity contribution in [2.24, 2.45) is 0 Å². The minimum atomic E-state index is -4.31. The van der Waals surface area contributed by atoms with E-state index in [0.29, 0.717) is 12.1 Å². The highest BCUT2D eigenvalue weighted by Gasteiger charge is 2.40. The van der Waals surface area contributed by atoms with Crippen molar-refractivity contribution < 1.29 is 26.3 Å². The van der Waals surface area contributed by atoms with Crippen molar-refractivity contribution in [1.82, 2.24) is 0 Å². The summed E-state index contributed by atoms with van der Waals surface area (Å²) < 4.78 is 74.3. The van der Waals surface area contributed by atoms with Crippen LogP contribution in [-0.2, 0) is 0 Å². The van der Waals surface area contributed by atoms with Crippen LogP contribution in [0.1, 0.15) is 0 Å². The van der Waals surface area contributed by atoms with Crippen molar-refractivity contribution in [3.05, 3.63) is 23.8 Å². The van der Waals surface area contributed by atoms with E-state index in [2.05, 4.69) is 0 Å². The summed E-state index contributed by atoms with van der Waals surface area (Å²) in [6.45, 7) is -1.47. The van der Waals surface area contributed by atoms with Crippen LogP contribution in [0.4, 0.5) is 37.7 Å². The lowest BCUT2D eigenvalue weighted by Gasteiger charge is -2.17. The van der Waals surface area contributed by atoms with E-state index >= 15 is 0 Å². The van der Waals surface area contributed by atoms with Gasteiger partial charge in [0.05, 0.1) is 17.9 Å². The van der Waals surface area contributed by atoms with Gasteiger partial charge in [-0.2, -0.15) is 8.78 Å². The number of rotatable bonds is 4. The lowest BCUT2D eigenvalue weighted by molar-refractivity contribution is -0.117. The highest BCUT2D eigenvalue weighted by atomic mass is 19.3. The first-order valence-electron chi connectivity index (χ1n) is 4.38. The van der Waals surface area contributed by atoms with E-state index in [1.165, 1.54) is 0 Å². The molecule has 0 aliphatic heterocycles. The van der Waals surface area contributed by atoms with E-state index in [0.717, 1.165) is 0 Å². The number of hydrogen-bond acceptors (Lipinski definition) is 2. The molecular formula is C9H8F6N2. The second kappa shape index (κ2) is 4.72. The zero-order valence-electron chi connectivity index (χ0n) is 8.28. The second-order valence-corrected chi connectivity index (χ2v) is 3.26. The number of nitrogen functional groups attached to an aromatic ring is 1. The summed E-state index contributed by atoms with van der Waals surface area (Å²) in [6, 6.07) is 1.09. The summed E-state index contributed by atoms with van der Waals surface area (Å²) in [5.74, 6) is -6.53. The summed E-state index contributed by atoms with van der Waals surface area (Å²) >= 11 is 0. The molecule has 96 valence electrons. The molecule has 0 aromatic heterocycles. The lowest BCUT2D eigenvalue weighted by Crippen LogP contribution is -2.35. The predicted molar refractivity (Wildman–Crippen MR) is 50.2 cm³/mol. The van der Waals surface area contributed by atoms with Crippen LogP contribution in [0.5, 0.6) is 0 Å². The summed E-state index contributed by atoms with van der Waals surface area (Å²) in [7, 11) is 0. The molecule has 0 unspecified atom stereocenters. The number of benzene rings is 1. The third-order valence-electron chi connectivity index (χ3n) is 1.93. The molecule has 2 nitrogen and oxygen atoms in total. The molecule has 0 saturated carbocycles. The van der Waals surface area contributed by atoms with Gasteiger partial charge in [0.15, 0.2) is 5.82 Å². The molecule has 8 heteroatoms.